The lowest BCUT2D eigenvalue weighted by molar-refractivity contribution is 0.0697. The van der Waals surface area contributed by atoms with Gasteiger partial charge in [0.2, 0.25) is 0 Å². The first kappa shape index (κ1) is 9.45. The summed E-state index contributed by atoms with van der Waals surface area (Å²) in [6.45, 7) is 2.25. The Morgan fingerprint density at radius 1 is 1.60 bits per heavy atom. The lowest BCUT2D eigenvalue weighted by Gasteiger charge is -1.97. The second-order valence-corrected chi connectivity index (χ2v) is 3.17. The minimum absolute atomic E-state index is 0.254. The molecule has 2 aromatic rings. The third-order valence-electron chi connectivity index (χ3n) is 2.08. The van der Waals surface area contributed by atoms with Gasteiger partial charge in [0.25, 0.3) is 0 Å². The van der Waals surface area contributed by atoms with E-state index in [-0.39, 0.29) is 5.56 Å². The van der Waals surface area contributed by atoms with E-state index in [4.69, 9.17) is 5.11 Å². The molecule has 0 amide bonds. The molecule has 6 nitrogen and oxygen atoms in total. The molecule has 0 saturated heterocycles. The zero-order chi connectivity index (χ0) is 10.8. The number of hydrogen-bond acceptors (Lipinski definition) is 4. The van der Waals surface area contributed by atoms with E-state index in [1.807, 2.05) is 0 Å². The third kappa shape index (κ3) is 1.88. The Kier molecular flexibility index (Phi) is 2.24. The molecular weight excluding hydrogens is 198 g/mol. The van der Waals surface area contributed by atoms with E-state index >= 15 is 0 Å². The van der Waals surface area contributed by atoms with E-state index in [2.05, 4.69) is 14.9 Å². The minimum Gasteiger partial charge on any atom is -0.478 e. The minimum atomic E-state index is -0.941. The van der Waals surface area contributed by atoms with Gasteiger partial charge in [0.1, 0.15) is 11.4 Å². The maximum Gasteiger partial charge on any atom is 0.337 e. The van der Waals surface area contributed by atoms with Crippen LogP contribution in [-0.4, -0.2) is 26.0 Å². The molecule has 0 bridgehead atoms. The Labute approximate surface area is 85.1 Å². The van der Waals surface area contributed by atoms with Crippen molar-refractivity contribution in [1.82, 2.24) is 14.9 Å². The maximum atomic E-state index is 10.6. The zero-order valence-corrected chi connectivity index (χ0v) is 8.04. The lowest BCUT2D eigenvalue weighted by Crippen LogP contribution is -1.99. The summed E-state index contributed by atoms with van der Waals surface area (Å²) in [5.41, 5.74) is 1.66. The molecule has 2 heterocycles. The molecule has 0 aromatic carbocycles. The summed E-state index contributed by atoms with van der Waals surface area (Å²) in [5.74, 6) is -0.941. The number of hydrogen-bond donors (Lipinski definition) is 1. The van der Waals surface area contributed by atoms with Crippen LogP contribution < -0.4 is 0 Å². The van der Waals surface area contributed by atoms with Gasteiger partial charge in [-0.15, -0.1) is 0 Å². The molecule has 0 fully saturated rings. The fourth-order valence-corrected chi connectivity index (χ4v) is 1.23. The van der Waals surface area contributed by atoms with Gasteiger partial charge >= 0.3 is 5.97 Å². The Morgan fingerprint density at radius 2 is 2.40 bits per heavy atom. The fraction of sp³-hybridized carbons (Fsp3) is 0.222. The number of carbonyl (C=O) groups is 1. The van der Waals surface area contributed by atoms with Crippen molar-refractivity contribution in [3.63, 3.8) is 0 Å². The Bertz CT molecular complexity index is 486. The number of carboxylic acid groups (broad SMARTS) is 1. The molecule has 6 heteroatoms. The van der Waals surface area contributed by atoms with Crippen molar-refractivity contribution in [2.45, 2.75) is 13.5 Å². The normalized spacial score (nSPS) is 10.5. The number of nitrogens with zero attached hydrogens (tertiary/aromatic N) is 3. The predicted octanol–water partition coefficient (Wildman–Crippen LogP) is 0.926. The van der Waals surface area contributed by atoms with Crippen LogP contribution in [0.5, 0.6) is 0 Å². The van der Waals surface area contributed by atoms with Gasteiger partial charge in [-0.3, -0.25) is 0 Å². The van der Waals surface area contributed by atoms with E-state index in [0.29, 0.717) is 17.9 Å². The standard InChI is InChI=1S/C9H9N3O3/c1-6-8(11-15-10-6)5-12-3-2-7(4-12)9(13)14/h2-4H,5H2,1H3,(H,13,14). The average Bonchev–Trinajstić information content (AvgIpc) is 2.77. The molecule has 2 rings (SSSR count). The van der Waals surface area contributed by atoms with Crippen molar-refractivity contribution in [2.75, 3.05) is 0 Å². The summed E-state index contributed by atoms with van der Waals surface area (Å²) >= 11 is 0. The van der Waals surface area contributed by atoms with Crippen molar-refractivity contribution in [3.05, 3.63) is 35.4 Å². The highest BCUT2D eigenvalue weighted by Gasteiger charge is 2.08. The van der Waals surface area contributed by atoms with E-state index in [1.54, 1.807) is 17.7 Å². The summed E-state index contributed by atoms with van der Waals surface area (Å²) in [5, 5.41) is 16.1. The highest BCUT2D eigenvalue weighted by atomic mass is 16.6. The van der Waals surface area contributed by atoms with Gasteiger partial charge in [-0.05, 0) is 13.0 Å². The van der Waals surface area contributed by atoms with Crippen LogP contribution in [0, 0.1) is 6.92 Å². The molecule has 0 atom stereocenters. The number of aromatic nitrogens is 3. The summed E-state index contributed by atoms with van der Waals surface area (Å²) < 4.78 is 6.26. The molecule has 1 N–H and O–H groups in total. The highest BCUT2D eigenvalue weighted by Crippen LogP contribution is 2.06. The molecule has 0 radical (unpaired) electrons. The third-order valence-corrected chi connectivity index (χ3v) is 2.08. The van der Waals surface area contributed by atoms with Gasteiger partial charge in [-0.1, -0.05) is 10.3 Å². The van der Waals surface area contributed by atoms with Gasteiger partial charge in [0.05, 0.1) is 12.1 Å². The summed E-state index contributed by atoms with van der Waals surface area (Å²) in [4.78, 5) is 10.6. The second kappa shape index (κ2) is 3.56. The molecule has 0 aliphatic heterocycles. The van der Waals surface area contributed by atoms with Crippen LogP contribution in [0.1, 0.15) is 21.7 Å². The van der Waals surface area contributed by atoms with Crippen LogP contribution in [0.15, 0.2) is 23.1 Å². The fourth-order valence-electron chi connectivity index (χ4n) is 1.23. The summed E-state index contributed by atoms with van der Waals surface area (Å²) in [7, 11) is 0. The molecule has 15 heavy (non-hydrogen) atoms. The van der Waals surface area contributed by atoms with Crippen molar-refractivity contribution < 1.29 is 14.5 Å². The van der Waals surface area contributed by atoms with Crippen LogP contribution in [-0.2, 0) is 6.54 Å². The molecule has 0 spiro atoms. The van der Waals surface area contributed by atoms with E-state index < -0.39 is 5.97 Å². The molecule has 0 aliphatic carbocycles. The van der Waals surface area contributed by atoms with Gasteiger partial charge in [-0.25, -0.2) is 9.42 Å². The van der Waals surface area contributed by atoms with E-state index in [9.17, 15) is 4.79 Å². The first-order valence-electron chi connectivity index (χ1n) is 4.34. The highest BCUT2D eigenvalue weighted by molar-refractivity contribution is 5.87. The lowest BCUT2D eigenvalue weighted by atomic mass is 10.3. The Morgan fingerprint density at radius 3 is 2.93 bits per heavy atom. The molecule has 78 valence electrons. The Balaban J connectivity index is 2.18. The first-order valence-corrected chi connectivity index (χ1v) is 4.34. The largest absolute Gasteiger partial charge is 0.478 e. The molecule has 0 unspecified atom stereocenters. The number of aromatic carboxylic acids is 1. The van der Waals surface area contributed by atoms with Crippen LogP contribution in [0.2, 0.25) is 0 Å². The number of rotatable bonds is 3. The topological polar surface area (TPSA) is 81.2 Å². The maximum absolute atomic E-state index is 10.6. The Hall–Kier alpha value is -2.11. The molecular formula is C9H9N3O3. The smallest absolute Gasteiger partial charge is 0.337 e. The first-order chi connectivity index (χ1) is 7.16. The van der Waals surface area contributed by atoms with Gasteiger partial charge < -0.3 is 9.67 Å². The van der Waals surface area contributed by atoms with Gasteiger partial charge in [0.15, 0.2) is 0 Å². The molecule has 0 aliphatic rings. The SMILES string of the molecule is Cc1nonc1Cn1ccc(C(=O)O)c1. The monoisotopic (exact) mass is 207 g/mol. The summed E-state index contributed by atoms with van der Waals surface area (Å²) in [6, 6.07) is 1.53. The van der Waals surface area contributed by atoms with Crippen molar-refractivity contribution in [1.29, 1.82) is 0 Å². The predicted molar refractivity (Wildman–Crippen MR) is 49.5 cm³/mol. The van der Waals surface area contributed by atoms with E-state index in [0.717, 1.165) is 0 Å². The van der Waals surface area contributed by atoms with E-state index in [1.165, 1.54) is 12.3 Å². The van der Waals surface area contributed by atoms with Crippen molar-refractivity contribution >= 4 is 5.97 Å². The van der Waals surface area contributed by atoms with Gasteiger partial charge in [-0.2, -0.15) is 0 Å². The van der Waals surface area contributed by atoms with Gasteiger partial charge in [0, 0.05) is 12.4 Å². The van der Waals surface area contributed by atoms with Crippen LogP contribution in [0.3, 0.4) is 0 Å². The zero-order valence-electron chi connectivity index (χ0n) is 8.04. The number of carboxylic acids is 1. The van der Waals surface area contributed by atoms with Crippen molar-refractivity contribution in [2.24, 2.45) is 0 Å². The second-order valence-electron chi connectivity index (χ2n) is 3.17. The molecule has 2 aromatic heterocycles. The average molecular weight is 207 g/mol. The van der Waals surface area contributed by atoms with Crippen molar-refractivity contribution in [3.8, 4) is 0 Å². The van der Waals surface area contributed by atoms with Crippen LogP contribution >= 0.6 is 0 Å². The quantitative estimate of drug-likeness (QED) is 0.809. The van der Waals surface area contributed by atoms with Crippen LogP contribution in [0.4, 0.5) is 0 Å². The van der Waals surface area contributed by atoms with Crippen LogP contribution in [0.25, 0.3) is 0 Å². The summed E-state index contributed by atoms with van der Waals surface area (Å²) in [6.07, 6.45) is 3.22. The molecule has 0 saturated carbocycles. The number of aryl methyl sites for hydroxylation is 1.